The van der Waals surface area contributed by atoms with E-state index in [0.29, 0.717) is 27.7 Å². The number of hydrogen-bond acceptors (Lipinski definition) is 9. The van der Waals surface area contributed by atoms with Crippen LogP contribution in [0.4, 0.5) is 11.9 Å². The van der Waals surface area contributed by atoms with E-state index >= 15 is 0 Å². The van der Waals surface area contributed by atoms with Gasteiger partial charge in [-0.2, -0.15) is 15.0 Å². The average molecular weight is 445 g/mol. The van der Waals surface area contributed by atoms with Crippen molar-refractivity contribution in [3.8, 4) is 11.8 Å². The molecule has 1 aromatic carbocycles. The number of nitrogens with one attached hydrogen (secondary N) is 1. The molecule has 0 aliphatic rings. The molecule has 29 heavy (non-hydrogen) atoms. The first-order valence-electron chi connectivity index (χ1n) is 8.48. The number of amides is 1. The second kappa shape index (κ2) is 10.8. The predicted molar refractivity (Wildman–Crippen MR) is 110 cm³/mol. The molecular weight excluding hydrogens is 423 g/mol. The quantitative estimate of drug-likeness (QED) is 0.433. The highest BCUT2D eigenvalue weighted by molar-refractivity contribution is 6.35. The molecule has 2 aromatic rings. The first kappa shape index (κ1) is 22.7. The third-order valence-electron chi connectivity index (χ3n) is 3.45. The van der Waals surface area contributed by atoms with Gasteiger partial charge in [0.15, 0.2) is 6.61 Å². The number of aromatic nitrogens is 3. The van der Waals surface area contributed by atoms with Crippen molar-refractivity contribution in [2.75, 3.05) is 58.0 Å². The van der Waals surface area contributed by atoms with Gasteiger partial charge in [-0.3, -0.25) is 9.63 Å². The average Bonchev–Trinajstić information content (AvgIpc) is 2.69. The zero-order valence-corrected chi connectivity index (χ0v) is 18.0. The third kappa shape index (κ3) is 7.08. The molecule has 10 nitrogen and oxygen atoms in total. The van der Waals surface area contributed by atoms with E-state index in [1.165, 1.54) is 18.2 Å². The molecule has 0 saturated carbocycles. The molecule has 0 spiro atoms. The van der Waals surface area contributed by atoms with Crippen LogP contribution in [0.2, 0.25) is 10.0 Å². The minimum Gasteiger partial charge on any atom is -0.482 e. The molecule has 158 valence electrons. The van der Waals surface area contributed by atoms with Crippen molar-refractivity contribution < 1.29 is 19.1 Å². The van der Waals surface area contributed by atoms with Crippen LogP contribution in [0.5, 0.6) is 11.8 Å². The van der Waals surface area contributed by atoms with Crippen molar-refractivity contribution in [2.24, 2.45) is 0 Å². The Morgan fingerprint density at radius 1 is 1.10 bits per heavy atom. The molecule has 1 heterocycles. The van der Waals surface area contributed by atoms with Crippen LogP contribution < -0.4 is 24.8 Å². The monoisotopic (exact) mass is 444 g/mol. The van der Waals surface area contributed by atoms with E-state index in [0.717, 1.165) is 0 Å². The minimum atomic E-state index is -0.330. The van der Waals surface area contributed by atoms with Gasteiger partial charge in [-0.15, -0.1) is 0 Å². The molecule has 0 aliphatic heterocycles. The number of ether oxygens (including phenoxy) is 2. The lowest BCUT2D eigenvalue weighted by atomic mass is 10.3. The van der Waals surface area contributed by atoms with Crippen molar-refractivity contribution in [1.29, 1.82) is 0 Å². The highest BCUT2D eigenvalue weighted by atomic mass is 35.5. The predicted octanol–water partition coefficient (Wildman–Crippen LogP) is 1.82. The summed E-state index contributed by atoms with van der Waals surface area (Å²) in [6.07, 6.45) is 0. The van der Waals surface area contributed by atoms with E-state index in [1.807, 2.05) is 0 Å². The summed E-state index contributed by atoms with van der Waals surface area (Å²) in [6, 6.07) is 4.87. The van der Waals surface area contributed by atoms with Crippen LogP contribution in [0.1, 0.15) is 0 Å². The number of carbonyl (C=O) groups excluding carboxylic acids is 1. The Balaban J connectivity index is 1.82. The van der Waals surface area contributed by atoms with Gasteiger partial charge in [-0.05, 0) is 18.2 Å². The maximum atomic E-state index is 11.9. The lowest BCUT2D eigenvalue weighted by molar-refractivity contribution is -0.123. The molecule has 1 N–H and O–H groups in total. The molecule has 1 aromatic heterocycles. The van der Waals surface area contributed by atoms with E-state index in [-0.39, 0.29) is 31.7 Å². The highest BCUT2D eigenvalue weighted by Gasteiger charge is 2.13. The van der Waals surface area contributed by atoms with Gasteiger partial charge in [0.1, 0.15) is 12.4 Å². The zero-order valence-electron chi connectivity index (χ0n) is 16.5. The maximum Gasteiger partial charge on any atom is 0.323 e. The van der Waals surface area contributed by atoms with Crippen LogP contribution in [-0.4, -0.2) is 68.9 Å². The Kier molecular flexibility index (Phi) is 8.50. The number of hydrogen-bond donors (Lipinski definition) is 1. The second-order valence-corrected chi connectivity index (χ2v) is 6.70. The van der Waals surface area contributed by atoms with Crippen molar-refractivity contribution in [1.82, 2.24) is 20.3 Å². The number of halogens is 2. The summed E-state index contributed by atoms with van der Waals surface area (Å²) < 4.78 is 10.9. The molecule has 0 unspecified atom stereocenters. The number of rotatable bonds is 10. The van der Waals surface area contributed by atoms with Crippen molar-refractivity contribution in [2.45, 2.75) is 0 Å². The standard InChI is InChI=1S/C17H22Cl2N6O4/c1-24(2)15-21-16(25(3)27-4)23-17(22-15)28-8-7-20-14(26)10-29-13-6-5-11(18)9-12(13)19/h5-6,9H,7-8,10H2,1-4H3,(H,20,26). The zero-order chi connectivity index (χ0) is 21.4. The normalized spacial score (nSPS) is 10.4. The number of anilines is 2. The van der Waals surface area contributed by atoms with Gasteiger partial charge in [-0.1, -0.05) is 23.2 Å². The smallest absolute Gasteiger partial charge is 0.323 e. The molecule has 12 heteroatoms. The Hall–Kier alpha value is -2.56. The Morgan fingerprint density at radius 2 is 1.83 bits per heavy atom. The van der Waals surface area contributed by atoms with Crippen LogP contribution in [-0.2, 0) is 9.63 Å². The summed E-state index contributed by atoms with van der Waals surface area (Å²) >= 11 is 11.8. The largest absolute Gasteiger partial charge is 0.482 e. The van der Waals surface area contributed by atoms with Gasteiger partial charge in [0, 0.05) is 26.2 Å². The van der Waals surface area contributed by atoms with Gasteiger partial charge in [-0.25, -0.2) is 5.06 Å². The van der Waals surface area contributed by atoms with Crippen LogP contribution in [0.3, 0.4) is 0 Å². The topological polar surface area (TPSA) is 102 Å². The summed E-state index contributed by atoms with van der Waals surface area (Å²) in [5.41, 5.74) is 0. The minimum absolute atomic E-state index is 0.112. The summed E-state index contributed by atoms with van der Waals surface area (Å²) in [5.74, 6) is 0.743. The molecular formula is C17H22Cl2N6O4. The Labute approximate surface area is 178 Å². The number of hydroxylamine groups is 1. The molecule has 0 fully saturated rings. The van der Waals surface area contributed by atoms with Gasteiger partial charge in [0.2, 0.25) is 5.95 Å². The van der Waals surface area contributed by atoms with Crippen LogP contribution >= 0.6 is 23.2 Å². The maximum absolute atomic E-state index is 11.9. The van der Waals surface area contributed by atoms with Gasteiger partial charge < -0.3 is 19.7 Å². The molecule has 1 amide bonds. The Bertz CT molecular complexity index is 840. The number of nitrogens with zero attached hydrogens (tertiary/aromatic N) is 5. The first-order chi connectivity index (χ1) is 13.8. The van der Waals surface area contributed by atoms with Crippen LogP contribution in [0, 0.1) is 0 Å². The lowest BCUT2D eigenvalue weighted by Crippen LogP contribution is -2.32. The summed E-state index contributed by atoms with van der Waals surface area (Å²) in [4.78, 5) is 31.3. The molecule has 0 radical (unpaired) electrons. The van der Waals surface area contributed by atoms with Gasteiger partial charge in [0.05, 0.1) is 18.7 Å². The van der Waals surface area contributed by atoms with Crippen LogP contribution in [0.15, 0.2) is 18.2 Å². The highest BCUT2D eigenvalue weighted by Crippen LogP contribution is 2.27. The second-order valence-electron chi connectivity index (χ2n) is 5.85. The summed E-state index contributed by atoms with van der Waals surface area (Å²) in [5, 5.41) is 4.86. The van der Waals surface area contributed by atoms with E-state index in [9.17, 15) is 4.79 Å². The fourth-order valence-corrected chi connectivity index (χ4v) is 2.40. The molecule has 0 aliphatic carbocycles. The van der Waals surface area contributed by atoms with Crippen molar-refractivity contribution >= 4 is 41.0 Å². The fourth-order valence-electron chi connectivity index (χ4n) is 1.94. The Morgan fingerprint density at radius 3 is 2.48 bits per heavy atom. The number of carbonyl (C=O) groups is 1. The third-order valence-corrected chi connectivity index (χ3v) is 3.99. The summed E-state index contributed by atoms with van der Waals surface area (Å²) in [6.45, 7) is 0.191. The van der Waals surface area contributed by atoms with E-state index in [4.69, 9.17) is 37.5 Å². The number of benzene rings is 1. The SMILES string of the molecule is CON(C)c1nc(OCCNC(=O)COc2ccc(Cl)cc2Cl)nc(N(C)C)n1. The van der Waals surface area contributed by atoms with Gasteiger partial charge >= 0.3 is 6.01 Å². The van der Waals surface area contributed by atoms with Gasteiger partial charge in [0.25, 0.3) is 11.9 Å². The lowest BCUT2D eigenvalue weighted by Gasteiger charge is -2.17. The fraction of sp³-hybridized carbons (Fsp3) is 0.412. The molecule has 0 bridgehead atoms. The van der Waals surface area contributed by atoms with E-state index in [1.54, 1.807) is 38.2 Å². The molecule has 0 saturated heterocycles. The van der Waals surface area contributed by atoms with Crippen molar-refractivity contribution in [3.63, 3.8) is 0 Å². The first-order valence-corrected chi connectivity index (χ1v) is 9.24. The van der Waals surface area contributed by atoms with Crippen molar-refractivity contribution in [3.05, 3.63) is 28.2 Å². The summed E-state index contributed by atoms with van der Waals surface area (Å²) in [7, 11) is 6.74. The van der Waals surface area contributed by atoms with E-state index in [2.05, 4.69) is 20.3 Å². The molecule has 2 rings (SSSR count). The van der Waals surface area contributed by atoms with Crippen LogP contribution in [0.25, 0.3) is 0 Å². The molecule has 0 atom stereocenters. The van der Waals surface area contributed by atoms with E-state index < -0.39 is 0 Å².